The van der Waals surface area contributed by atoms with Crippen LogP contribution in [0, 0.1) is 0 Å². The van der Waals surface area contributed by atoms with Crippen LogP contribution in [-0.2, 0) is 4.74 Å². The van der Waals surface area contributed by atoms with Crippen molar-refractivity contribution >= 4 is 0 Å². The second kappa shape index (κ2) is 8.17. The molecule has 2 aliphatic rings. The van der Waals surface area contributed by atoms with Crippen LogP contribution < -0.4 is 0 Å². The summed E-state index contributed by atoms with van der Waals surface area (Å²) in [7, 11) is 3.96. The van der Waals surface area contributed by atoms with Gasteiger partial charge < -0.3 is 14.7 Å². The van der Waals surface area contributed by atoms with Crippen LogP contribution in [0.4, 0.5) is 4.39 Å². The van der Waals surface area contributed by atoms with E-state index in [1.807, 2.05) is 32.8 Å². The first-order chi connectivity index (χ1) is 11.5. The number of piperidine rings is 2. The Morgan fingerprint density at radius 3 is 2.60 bits per heavy atom. The van der Waals surface area contributed by atoms with Crippen LogP contribution in [0.5, 0.6) is 0 Å². The minimum atomic E-state index is -0.917. The minimum absolute atomic E-state index is 0.405. The second-order valence-electron chi connectivity index (χ2n) is 8.98. The molecule has 1 N–H and O–H groups in total. The van der Waals surface area contributed by atoms with E-state index in [1.165, 1.54) is 0 Å². The Morgan fingerprint density at radius 2 is 2.00 bits per heavy atom. The molecule has 0 bridgehead atoms. The topological polar surface area (TPSA) is 39.2 Å². The van der Waals surface area contributed by atoms with Gasteiger partial charge in [0.2, 0.25) is 0 Å². The van der Waals surface area contributed by atoms with Gasteiger partial charge >= 0.3 is 0 Å². The maximum Gasteiger partial charge on any atom is 0.129 e. The predicted octanol–water partition coefficient (Wildman–Crippen LogP) is 1.95. The number of ether oxygens (including phenoxy) is 1. The van der Waals surface area contributed by atoms with Crippen molar-refractivity contribution in [1.29, 1.82) is 0 Å². The third-order valence-electron chi connectivity index (χ3n) is 5.61. The Labute approximate surface area is 153 Å². The molecule has 148 valence electrons. The minimum Gasteiger partial charge on any atom is -0.387 e. The van der Waals surface area contributed by atoms with Gasteiger partial charge in [0.15, 0.2) is 0 Å². The largest absolute Gasteiger partial charge is 0.387 e. The van der Waals surface area contributed by atoms with Gasteiger partial charge in [-0.15, -0.1) is 0 Å². The van der Waals surface area contributed by atoms with Crippen molar-refractivity contribution in [3.63, 3.8) is 0 Å². The summed E-state index contributed by atoms with van der Waals surface area (Å²) in [5.41, 5.74) is -1.32. The Hall–Kier alpha value is -0.270. The van der Waals surface area contributed by atoms with Crippen molar-refractivity contribution in [1.82, 2.24) is 14.7 Å². The number of rotatable bonds is 6. The molecular weight excluding hydrogens is 321 g/mol. The summed E-state index contributed by atoms with van der Waals surface area (Å²) in [4.78, 5) is 6.49. The highest BCUT2D eigenvalue weighted by Crippen LogP contribution is 2.31. The maximum atomic E-state index is 14.5. The molecule has 25 heavy (non-hydrogen) atoms. The van der Waals surface area contributed by atoms with Crippen LogP contribution in [0.25, 0.3) is 0 Å². The number of nitrogens with zero attached hydrogens (tertiary/aromatic N) is 3. The van der Waals surface area contributed by atoms with Crippen molar-refractivity contribution in [3.8, 4) is 0 Å². The molecule has 2 fully saturated rings. The fourth-order valence-corrected chi connectivity index (χ4v) is 4.23. The number of aliphatic hydroxyl groups is 1. The van der Waals surface area contributed by atoms with Crippen LogP contribution in [-0.4, -0.2) is 96.3 Å². The predicted molar refractivity (Wildman–Crippen MR) is 99.5 cm³/mol. The normalized spacial score (nSPS) is 33.4. The summed E-state index contributed by atoms with van der Waals surface area (Å²) in [6.45, 7) is 11.8. The van der Waals surface area contributed by atoms with Gasteiger partial charge in [0.05, 0.1) is 5.60 Å². The first-order valence-electron chi connectivity index (χ1n) is 9.70. The number of alkyl halides is 1. The van der Waals surface area contributed by atoms with Crippen molar-refractivity contribution < 1.29 is 14.2 Å². The fourth-order valence-electron chi connectivity index (χ4n) is 4.23. The van der Waals surface area contributed by atoms with Gasteiger partial charge in [-0.3, -0.25) is 9.80 Å². The maximum absolute atomic E-state index is 14.5. The molecule has 0 amide bonds. The molecule has 0 aromatic carbocycles. The van der Waals surface area contributed by atoms with E-state index in [9.17, 15) is 9.50 Å². The lowest BCUT2D eigenvalue weighted by atomic mass is 9.91. The lowest BCUT2D eigenvalue weighted by Crippen LogP contribution is -2.61. The van der Waals surface area contributed by atoms with Crippen molar-refractivity contribution in [2.45, 2.75) is 76.6 Å². The number of hydrogen-bond donors (Lipinski definition) is 1. The summed E-state index contributed by atoms with van der Waals surface area (Å²) >= 11 is 0. The lowest BCUT2D eigenvalue weighted by Gasteiger charge is -2.49. The summed E-state index contributed by atoms with van der Waals surface area (Å²) in [5.74, 6) is 0. The van der Waals surface area contributed by atoms with Crippen LogP contribution in [0.3, 0.4) is 0 Å². The van der Waals surface area contributed by atoms with Gasteiger partial charge in [-0.1, -0.05) is 0 Å². The summed E-state index contributed by atoms with van der Waals surface area (Å²) < 4.78 is 20.8. The average Bonchev–Trinajstić information content (AvgIpc) is 2.47. The Kier molecular flexibility index (Phi) is 6.88. The molecule has 3 atom stereocenters. The summed E-state index contributed by atoms with van der Waals surface area (Å²) in [6.07, 6.45) is 0.936. The number of β-amino-alcohol motifs (C(OH)–C–C–N with tert-alkyl or cyclic N) is 1. The van der Waals surface area contributed by atoms with Crippen molar-refractivity contribution in [2.24, 2.45) is 0 Å². The van der Waals surface area contributed by atoms with Gasteiger partial charge in [-0.05, 0) is 61.1 Å². The molecule has 2 unspecified atom stereocenters. The van der Waals surface area contributed by atoms with Crippen LogP contribution in [0.1, 0.15) is 47.0 Å². The van der Waals surface area contributed by atoms with Gasteiger partial charge in [-0.25, -0.2) is 4.39 Å². The Bertz CT molecular complexity index is 433. The zero-order valence-electron chi connectivity index (χ0n) is 17.0. The zero-order chi connectivity index (χ0) is 18.8. The second-order valence-corrected chi connectivity index (χ2v) is 8.98. The van der Waals surface area contributed by atoms with Crippen LogP contribution in [0.2, 0.25) is 0 Å². The smallest absolute Gasteiger partial charge is 0.129 e. The monoisotopic (exact) mass is 359 g/mol. The molecule has 0 aromatic heterocycles. The van der Waals surface area contributed by atoms with Gasteiger partial charge in [0.25, 0.3) is 0 Å². The molecule has 0 aromatic rings. The van der Waals surface area contributed by atoms with Gasteiger partial charge in [-0.2, -0.15) is 0 Å². The van der Waals surface area contributed by atoms with E-state index in [4.69, 9.17) is 4.74 Å². The molecular formula is C19H38FN3O2. The highest BCUT2D eigenvalue weighted by molar-refractivity contribution is 4.93. The van der Waals surface area contributed by atoms with E-state index in [2.05, 4.69) is 23.6 Å². The number of hydrogen-bond acceptors (Lipinski definition) is 5. The molecule has 2 saturated heterocycles. The average molecular weight is 360 g/mol. The molecule has 6 heteroatoms. The molecule has 2 heterocycles. The Morgan fingerprint density at radius 1 is 1.32 bits per heavy atom. The fraction of sp³-hybridized carbons (Fsp3) is 1.00. The highest BCUT2D eigenvalue weighted by Gasteiger charge is 2.42. The van der Waals surface area contributed by atoms with Crippen molar-refractivity contribution in [3.05, 3.63) is 0 Å². The molecule has 2 rings (SSSR count). The molecule has 0 aliphatic carbocycles. The van der Waals surface area contributed by atoms with E-state index in [-0.39, 0.29) is 0 Å². The van der Waals surface area contributed by atoms with Crippen LogP contribution >= 0.6 is 0 Å². The first kappa shape index (κ1) is 21.0. The van der Waals surface area contributed by atoms with E-state index >= 15 is 0 Å². The Balaban J connectivity index is 2.01. The third-order valence-corrected chi connectivity index (χ3v) is 5.61. The zero-order valence-corrected chi connectivity index (χ0v) is 17.0. The molecule has 0 radical (unpaired) electrons. The molecule has 2 aliphatic heterocycles. The lowest BCUT2D eigenvalue weighted by molar-refractivity contribution is -0.215. The molecule has 0 spiro atoms. The SMILES string of the molecule is CC(C)N1CCC(F)C(OC(C)(C)N2CCC[C@](O)(CN(C)C)C2)C1. The number of likely N-dealkylation sites (tertiary alicyclic amines) is 2. The van der Waals surface area contributed by atoms with Crippen LogP contribution in [0.15, 0.2) is 0 Å². The van der Waals surface area contributed by atoms with E-state index in [0.717, 1.165) is 25.9 Å². The first-order valence-corrected chi connectivity index (χ1v) is 9.70. The van der Waals surface area contributed by atoms with E-state index in [1.54, 1.807) is 0 Å². The summed E-state index contributed by atoms with van der Waals surface area (Å²) in [5, 5.41) is 10.9. The van der Waals surface area contributed by atoms with E-state index in [0.29, 0.717) is 32.1 Å². The van der Waals surface area contributed by atoms with Gasteiger partial charge in [0.1, 0.15) is 18.0 Å². The molecule has 5 nitrogen and oxygen atoms in total. The number of likely N-dealkylation sites (N-methyl/N-ethyl adjacent to an activating group) is 1. The third kappa shape index (κ3) is 5.60. The van der Waals surface area contributed by atoms with Gasteiger partial charge in [0, 0.05) is 38.8 Å². The highest BCUT2D eigenvalue weighted by atomic mass is 19.1. The van der Waals surface area contributed by atoms with E-state index < -0.39 is 23.6 Å². The molecule has 0 saturated carbocycles. The van der Waals surface area contributed by atoms with Crippen molar-refractivity contribution in [2.75, 3.05) is 46.8 Å². The summed E-state index contributed by atoms with van der Waals surface area (Å²) in [6, 6.07) is 0.405. The number of halogens is 1. The quantitative estimate of drug-likeness (QED) is 0.785. The standard InChI is InChI=1S/C19H38FN3O2/c1-15(2)22-11-8-16(20)17(12-22)25-18(3,4)23-10-7-9-19(24,14-23)13-21(5)6/h15-17,24H,7-14H2,1-6H3/t16?,17?,19-/m0/s1.